The van der Waals surface area contributed by atoms with Crippen molar-refractivity contribution >= 4 is 11.6 Å². The van der Waals surface area contributed by atoms with Gasteiger partial charge in [0.2, 0.25) is 5.91 Å². The van der Waals surface area contributed by atoms with Gasteiger partial charge in [0.1, 0.15) is 5.76 Å². The number of fused-ring (bicyclic) bond motifs is 2. The van der Waals surface area contributed by atoms with Crippen LogP contribution in [0.15, 0.2) is 47.1 Å². The van der Waals surface area contributed by atoms with Gasteiger partial charge < -0.3 is 9.32 Å². The summed E-state index contributed by atoms with van der Waals surface area (Å²) >= 11 is 0. The lowest BCUT2D eigenvalue weighted by Crippen LogP contribution is -2.43. The van der Waals surface area contributed by atoms with E-state index in [1.807, 2.05) is 23.1 Å². The molecule has 1 amide bonds. The van der Waals surface area contributed by atoms with E-state index >= 15 is 0 Å². The maximum atomic E-state index is 13.3. The molecule has 24 heavy (non-hydrogen) atoms. The highest BCUT2D eigenvalue weighted by molar-refractivity contribution is 6.08. The summed E-state index contributed by atoms with van der Waals surface area (Å²) in [6.45, 7) is 7.59. The Morgan fingerprint density at radius 2 is 2.04 bits per heavy atom. The maximum absolute atomic E-state index is 13.3. The van der Waals surface area contributed by atoms with Crippen LogP contribution in [-0.2, 0) is 16.8 Å². The van der Waals surface area contributed by atoms with Crippen molar-refractivity contribution < 1.29 is 9.21 Å². The molecule has 3 heterocycles. The summed E-state index contributed by atoms with van der Waals surface area (Å²) < 4.78 is 5.48. The second-order valence-electron chi connectivity index (χ2n) is 7.45. The molecule has 0 N–H and O–H groups in total. The number of rotatable bonds is 4. The van der Waals surface area contributed by atoms with Gasteiger partial charge in [-0.2, -0.15) is 0 Å². The first-order valence-electron chi connectivity index (χ1n) is 8.76. The van der Waals surface area contributed by atoms with E-state index in [4.69, 9.17) is 4.42 Å². The van der Waals surface area contributed by atoms with Crippen LogP contribution in [0.1, 0.15) is 31.6 Å². The number of anilines is 1. The third-order valence-electron chi connectivity index (χ3n) is 5.22. The third kappa shape index (κ3) is 2.37. The number of furan rings is 1. The first kappa shape index (κ1) is 15.5. The zero-order chi connectivity index (χ0) is 16.7. The normalized spacial score (nSPS) is 23.6. The minimum atomic E-state index is -0.377. The summed E-state index contributed by atoms with van der Waals surface area (Å²) in [5, 5.41) is 0. The Morgan fingerprint density at radius 1 is 1.21 bits per heavy atom. The molecule has 1 aromatic heterocycles. The monoisotopic (exact) mass is 324 g/mol. The highest BCUT2D eigenvalue weighted by Crippen LogP contribution is 2.47. The molecule has 0 saturated carbocycles. The number of carbonyl (C=O) groups excluding carboxylic acids is 1. The number of hydrogen-bond donors (Lipinski definition) is 0. The standard InChI is InChI=1S/C20H24N2O2/c1-15(2)12-22-18-8-4-3-7-17(18)20(19(22)23)9-10-21(14-20)13-16-6-5-11-24-16/h3-8,11,15H,9-10,12-14H2,1-2H3. The van der Waals surface area contributed by atoms with E-state index in [1.165, 1.54) is 5.56 Å². The van der Waals surface area contributed by atoms with E-state index in [9.17, 15) is 4.79 Å². The van der Waals surface area contributed by atoms with Gasteiger partial charge in [-0.1, -0.05) is 32.0 Å². The first-order valence-corrected chi connectivity index (χ1v) is 8.76. The maximum Gasteiger partial charge on any atom is 0.239 e. The molecule has 126 valence electrons. The molecule has 1 atom stereocenters. The molecule has 4 rings (SSSR count). The van der Waals surface area contributed by atoms with Crippen molar-refractivity contribution in [3.63, 3.8) is 0 Å². The van der Waals surface area contributed by atoms with Crippen molar-refractivity contribution in [2.75, 3.05) is 24.5 Å². The van der Waals surface area contributed by atoms with Gasteiger partial charge in [-0.15, -0.1) is 0 Å². The quantitative estimate of drug-likeness (QED) is 0.864. The van der Waals surface area contributed by atoms with Crippen LogP contribution >= 0.6 is 0 Å². The van der Waals surface area contributed by atoms with Crippen LogP contribution in [-0.4, -0.2) is 30.4 Å². The molecule has 1 unspecified atom stereocenters. The topological polar surface area (TPSA) is 36.7 Å². The summed E-state index contributed by atoms with van der Waals surface area (Å²) in [5.74, 6) is 1.70. The van der Waals surface area contributed by atoms with Crippen molar-refractivity contribution in [3.05, 3.63) is 54.0 Å². The second-order valence-corrected chi connectivity index (χ2v) is 7.45. The summed E-state index contributed by atoms with van der Waals surface area (Å²) in [6.07, 6.45) is 2.60. The fourth-order valence-electron chi connectivity index (χ4n) is 4.18. The smallest absolute Gasteiger partial charge is 0.239 e. The zero-order valence-electron chi connectivity index (χ0n) is 14.4. The summed E-state index contributed by atoms with van der Waals surface area (Å²) in [6, 6.07) is 12.3. The Morgan fingerprint density at radius 3 is 2.79 bits per heavy atom. The fourth-order valence-corrected chi connectivity index (χ4v) is 4.18. The van der Waals surface area contributed by atoms with Gasteiger partial charge in [-0.25, -0.2) is 0 Å². The van der Waals surface area contributed by atoms with E-state index in [-0.39, 0.29) is 11.3 Å². The SMILES string of the molecule is CC(C)CN1C(=O)C2(CCN(Cc3ccco3)C2)c2ccccc21. The molecule has 0 aliphatic carbocycles. The van der Waals surface area contributed by atoms with Crippen LogP contribution in [0.2, 0.25) is 0 Å². The van der Waals surface area contributed by atoms with Gasteiger partial charge in [0.25, 0.3) is 0 Å². The average molecular weight is 324 g/mol. The van der Waals surface area contributed by atoms with E-state index in [1.54, 1.807) is 6.26 Å². The van der Waals surface area contributed by atoms with Gasteiger partial charge in [0, 0.05) is 25.3 Å². The van der Waals surface area contributed by atoms with Gasteiger partial charge in [-0.05, 0) is 36.1 Å². The van der Waals surface area contributed by atoms with Crippen LogP contribution in [0.4, 0.5) is 5.69 Å². The number of carbonyl (C=O) groups is 1. The number of benzene rings is 1. The van der Waals surface area contributed by atoms with Gasteiger partial charge in [0.15, 0.2) is 0 Å². The van der Waals surface area contributed by atoms with Crippen molar-refractivity contribution in [1.82, 2.24) is 4.90 Å². The Hall–Kier alpha value is -2.07. The number of hydrogen-bond acceptors (Lipinski definition) is 3. The Labute approximate surface area is 143 Å². The van der Waals surface area contributed by atoms with E-state index in [0.29, 0.717) is 5.92 Å². The molecule has 2 aromatic rings. The predicted molar refractivity (Wildman–Crippen MR) is 93.9 cm³/mol. The molecule has 1 saturated heterocycles. The lowest BCUT2D eigenvalue weighted by atomic mass is 9.81. The van der Waals surface area contributed by atoms with Gasteiger partial charge in [-0.3, -0.25) is 9.69 Å². The Bertz CT molecular complexity index is 738. The largest absolute Gasteiger partial charge is 0.468 e. The average Bonchev–Trinajstić information content (AvgIpc) is 3.26. The molecule has 4 nitrogen and oxygen atoms in total. The first-order chi connectivity index (χ1) is 11.6. The number of likely N-dealkylation sites (tertiary alicyclic amines) is 1. The van der Waals surface area contributed by atoms with Gasteiger partial charge >= 0.3 is 0 Å². The van der Waals surface area contributed by atoms with Crippen molar-refractivity contribution in [1.29, 1.82) is 0 Å². The number of para-hydroxylation sites is 1. The van der Waals surface area contributed by atoms with Crippen molar-refractivity contribution in [2.24, 2.45) is 5.92 Å². The number of nitrogens with zero attached hydrogens (tertiary/aromatic N) is 2. The molecule has 2 aliphatic rings. The Kier molecular flexibility index (Phi) is 3.72. The molecule has 1 aromatic carbocycles. The summed E-state index contributed by atoms with van der Waals surface area (Å²) in [4.78, 5) is 17.7. The molecule has 4 heteroatoms. The highest BCUT2D eigenvalue weighted by atomic mass is 16.3. The van der Waals surface area contributed by atoms with Crippen LogP contribution in [0, 0.1) is 5.92 Å². The van der Waals surface area contributed by atoms with E-state index in [0.717, 1.165) is 44.0 Å². The van der Waals surface area contributed by atoms with E-state index < -0.39 is 0 Å². The number of amides is 1. The molecular formula is C20H24N2O2. The molecule has 0 bridgehead atoms. The van der Waals surface area contributed by atoms with E-state index in [2.05, 4.69) is 36.9 Å². The van der Waals surface area contributed by atoms with Crippen LogP contribution in [0.5, 0.6) is 0 Å². The predicted octanol–water partition coefficient (Wildman–Crippen LogP) is 3.43. The van der Waals surface area contributed by atoms with Crippen molar-refractivity contribution in [2.45, 2.75) is 32.2 Å². The van der Waals surface area contributed by atoms with Crippen molar-refractivity contribution in [3.8, 4) is 0 Å². The minimum absolute atomic E-state index is 0.277. The molecule has 0 radical (unpaired) electrons. The highest BCUT2D eigenvalue weighted by Gasteiger charge is 2.54. The summed E-state index contributed by atoms with van der Waals surface area (Å²) in [7, 11) is 0. The lowest BCUT2D eigenvalue weighted by Gasteiger charge is -2.25. The third-order valence-corrected chi connectivity index (χ3v) is 5.22. The van der Waals surface area contributed by atoms with Crippen LogP contribution < -0.4 is 4.90 Å². The fraction of sp³-hybridized carbons (Fsp3) is 0.450. The molecule has 1 fully saturated rings. The van der Waals surface area contributed by atoms with Crippen LogP contribution in [0.3, 0.4) is 0 Å². The molecule has 1 spiro atoms. The second kappa shape index (κ2) is 5.78. The minimum Gasteiger partial charge on any atom is -0.468 e. The molecular weight excluding hydrogens is 300 g/mol. The van der Waals surface area contributed by atoms with Crippen LogP contribution in [0.25, 0.3) is 0 Å². The molecule has 2 aliphatic heterocycles. The lowest BCUT2D eigenvalue weighted by molar-refractivity contribution is -0.122. The van der Waals surface area contributed by atoms with Gasteiger partial charge in [0.05, 0.1) is 18.2 Å². The summed E-state index contributed by atoms with van der Waals surface area (Å²) in [5.41, 5.74) is 1.94. The Balaban J connectivity index is 1.64. The zero-order valence-corrected chi connectivity index (χ0v) is 14.4.